The fraction of sp³-hybridized carbons (Fsp3) is 0.222. The van der Waals surface area contributed by atoms with Gasteiger partial charge in [-0.15, -0.1) is 0 Å². The Balaban J connectivity index is 1.67. The van der Waals surface area contributed by atoms with E-state index in [1.54, 1.807) is 18.5 Å². The minimum atomic E-state index is -0.297. The van der Waals surface area contributed by atoms with E-state index in [0.29, 0.717) is 23.3 Å². The van der Waals surface area contributed by atoms with Crippen molar-refractivity contribution >= 4 is 28.5 Å². The summed E-state index contributed by atoms with van der Waals surface area (Å²) in [6, 6.07) is 23.3. The maximum Gasteiger partial charge on any atom is 0.254 e. The SMILES string of the molecule is COCC(=O)Nc1cc(C(=O)N[C@@H](C)c2ccccc2)c2c(c1)ncn2CCc1ccccc1. The average molecular weight is 457 g/mol. The molecule has 4 aromatic rings. The summed E-state index contributed by atoms with van der Waals surface area (Å²) in [4.78, 5) is 30.1. The van der Waals surface area contributed by atoms with Gasteiger partial charge in [-0.25, -0.2) is 4.98 Å². The number of imidazole rings is 1. The second kappa shape index (κ2) is 10.8. The number of amides is 2. The lowest BCUT2D eigenvalue weighted by Crippen LogP contribution is -2.27. The second-order valence-corrected chi connectivity index (χ2v) is 8.15. The molecule has 0 spiro atoms. The van der Waals surface area contributed by atoms with Crippen LogP contribution < -0.4 is 10.6 Å². The molecule has 3 aromatic carbocycles. The number of aromatic nitrogens is 2. The molecule has 1 aromatic heterocycles. The molecule has 0 bridgehead atoms. The highest BCUT2D eigenvalue weighted by molar-refractivity contribution is 6.07. The van der Waals surface area contributed by atoms with Crippen LogP contribution in [0.15, 0.2) is 79.1 Å². The Bertz CT molecular complexity index is 1270. The highest BCUT2D eigenvalue weighted by Crippen LogP contribution is 2.25. The van der Waals surface area contributed by atoms with Gasteiger partial charge in [0.25, 0.3) is 5.91 Å². The molecule has 0 saturated heterocycles. The summed E-state index contributed by atoms with van der Waals surface area (Å²) in [6.07, 6.45) is 2.55. The van der Waals surface area contributed by atoms with E-state index in [1.165, 1.54) is 12.7 Å². The molecule has 0 aliphatic heterocycles. The molecular formula is C27H28N4O3. The molecule has 0 saturated carbocycles. The van der Waals surface area contributed by atoms with Gasteiger partial charge < -0.3 is 19.9 Å². The van der Waals surface area contributed by atoms with Crippen molar-refractivity contribution in [2.75, 3.05) is 19.0 Å². The lowest BCUT2D eigenvalue weighted by atomic mass is 10.1. The molecular weight excluding hydrogens is 428 g/mol. The minimum Gasteiger partial charge on any atom is -0.375 e. The van der Waals surface area contributed by atoms with Crippen molar-refractivity contribution in [3.8, 4) is 0 Å². The van der Waals surface area contributed by atoms with Crippen LogP contribution in [0.5, 0.6) is 0 Å². The maximum absolute atomic E-state index is 13.4. The average Bonchev–Trinajstić information content (AvgIpc) is 3.26. The summed E-state index contributed by atoms with van der Waals surface area (Å²) in [6.45, 7) is 2.54. The van der Waals surface area contributed by atoms with Gasteiger partial charge in [0.05, 0.1) is 29.0 Å². The smallest absolute Gasteiger partial charge is 0.254 e. The number of nitrogens with zero attached hydrogens (tertiary/aromatic N) is 2. The molecule has 0 aliphatic carbocycles. The van der Waals surface area contributed by atoms with Crippen LogP contribution in [-0.2, 0) is 22.5 Å². The number of aryl methyl sites for hydroxylation is 2. The Morgan fingerprint density at radius 2 is 1.74 bits per heavy atom. The summed E-state index contributed by atoms with van der Waals surface area (Å²) in [5.41, 5.74) is 4.55. The Morgan fingerprint density at radius 3 is 2.44 bits per heavy atom. The van der Waals surface area contributed by atoms with Crippen molar-refractivity contribution in [2.45, 2.75) is 25.9 Å². The van der Waals surface area contributed by atoms with Crippen molar-refractivity contribution in [2.24, 2.45) is 0 Å². The van der Waals surface area contributed by atoms with Crippen LogP contribution in [0, 0.1) is 0 Å². The molecule has 0 radical (unpaired) electrons. The molecule has 34 heavy (non-hydrogen) atoms. The Labute approximate surface area is 198 Å². The molecule has 1 heterocycles. The molecule has 4 rings (SSSR count). The van der Waals surface area contributed by atoms with Crippen molar-refractivity contribution in [1.29, 1.82) is 0 Å². The summed E-state index contributed by atoms with van der Waals surface area (Å²) in [5.74, 6) is -0.528. The first-order chi connectivity index (χ1) is 16.5. The Kier molecular flexibility index (Phi) is 7.34. The van der Waals surface area contributed by atoms with Crippen LogP contribution >= 0.6 is 0 Å². The van der Waals surface area contributed by atoms with Gasteiger partial charge in [0.15, 0.2) is 0 Å². The number of rotatable bonds is 9. The largest absolute Gasteiger partial charge is 0.375 e. The molecule has 2 amide bonds. The van der Waals surface area contributed by atoms with Crippen LogP contribution in [0.2, 0.25) is 0 Å². The van der Waals surface area contributed by atoms with Gasteiger partial charge in [0.1, 0.15) is 6.61 Å². The first-order valence-electron chi connectivity index (χ1n) is 11.2. The number of anilines is 1. The van der Waals surface area contributed by atoms with Gasteiger partial charge in [-0.05, 0) is 36.6 Å². The topological polar surface area (TPSA) is 85.2 Å². The van der Waals surface area contributed by atoms with Gasteiger partial charge in [0, 0.05) is 19.3 Å². The number of carbonyl (C=O) groups is 2. The van der Waals surface area contributed by atoms with Crippen molar-refractivity contribution < 1.29 is 14.3 Å². The lowest BCUT2D eigenvalue weighted by molar-refractivity contribution is -0.119. The van der Waals surface area contributed by atoms with E-state index in [2.05, 4.69) is 27.8 Å². The zero-order chi connectivity index (χ0) is 23.9. The number of hydrogen-bond acceptors (Lipinski definition) is 4. The third kappa shape index (κ3) is 5.50. The summed E-state index contributed by atoms with van der Waals surface area (Å²) in [7, 11) is 1.46. The first kappa shape index (κ1) is 23.2. The van der Waals surface area contributed by atoms with E-state index in [1.807, 2.05) is 60.0 Å². The first-order valence-corrected chi connectivity index (χ1v) is 11.2. The second-order valence-electron chi connectivity index (χ2n) is 8.15. The highest BCUT2D eigenvalue weighted by atomic mass is 16.5. The zero-order valence-electron chi connectivity index (χ0n) is 19.3. The summed E-state index contributed by atoms with van der Waals surface area (Å²) < 4.78 is 6.90. The number of carbonyl (C=O) groups excluding carboxylic acids is 2. The number of benzene rings is 3. The predicted octanol–water partition coefficient (Wildman–Crippen LogP) is 4.35. The summed E-state index contributed by atoms with van der Waals surface area (Å²) >= 11 is 0. The van der Waals surface area contributed by atoms with E-state index in [-0.39, 0.29) is 24.5 Å². The van der Waals surface area contributed by atoms with Gasteiger partial charge in [-0.3, -0.25) is 9.59 Å². The van der Waals surface area contributed by atoms with Crippen LogP contribution in [-0.4, -0.2) is 35.1 Å². The molecule has 174 valence electrons. The van der Waals surface area contributed by atoms with Gasteiger partial charge in [0.2, 0.25) is 5.91 Å². The quantitative estimate of drug-likeness (QED) is 0.392. The van der Waals surface area contributed by atoms with Crippen LogP contribution in [0.25, 0.3) is 11.0 Å². The molecule has 0 unspecified atom stereocenters. The fourth-order valence-electron chi connectivity index (χ4n) is 3.95. The minimum absolute atomic E-state index is 0.0733. The normalized spacial score (nSPS) is 11.8. The highest BCUT2D eigenvalue weighted by Gasteiger charge is 2.19. The molecule has 7 heteroatoms. The van der Waals surface area contributed by atoms with Crippen molar-refractivity contribution in [3.63, 3.8) is 0 Å². The van der Waals surface area contributed by atoms with Gasteiger partial charge in [-0.1, -0.05) is 60.7 Å². The van der Waals surface area contributed by atoms with Crippen molar-refractivity contribution in [1.82, 2.24) is 14.9 Å². The summed E-state index contributed by atoms with van der Waals surface area (Å²) in [5, 5.41) is 5.87. The fourth-order valence-corrected chi connectivity index (χ4v) is 3.95. The maximum atomic E-state index is 13.4. The molecule has 2 N–H and O–H groups in total. The van der Waals surface area contributed by atoms with E-state index < -0.39 is 0 Å². The third-order valence-corrected chi connectivity index (χ3v) is 5.65. The third-order valence-electron chi connectivity index (χ3n) is 5.65. The van der Waals surface area contributed by atoms with E-state index in [0.717, 1.165) is 17.5 Å². The van der Waals surface area contributed by atoms with Crippen LogP contribution in [0.4, 0.5) is 5.69 Å². The number of fused-ring (bicyclic) bond motifs is 1. The molecule has 1 atom stereocenters. The Morgan fingerprint density at radius 1 is 1.03 bits per heavy atom. The van der Waals surface area contributed by atoms with E-state index >= 15 is 0 Å². The van der Waals surface area contributed by atoms with Gasteiger partial charge >= 0.3 is 0 Å². The molecule has 0 fully saturated rings. The predicted molar refractivity (Wildman–Crippen MR) is 133 cm³/mol. The molecule has 7 nitrogen and oxygen atoms in total. The number of hydrogen-bond donors (Lipinski definition) is 2. The number of nitrogens with one attached hydrogen (secondary N) is 2. The zero-order valence-corrected chi connectivity index (χ0v) is 19.3. The lowest BCUT2D eigenvalue weighted by Gasteiger charge is -2.16. The van der Waals surface area contributed by atoms with Crippen LogP contribution in [0.1, 0.15) is 34.5 Å². The van der Waals surface area contributed by atoms with Gasteiger partial charge in [-0.2, -0.15) is 0 Å². The standard InChI is InChI=1S/C27H28N4O3/c1-19(21-11-7-4-8-12-21)29-27(33)23-15-22(30-25(32)17-34-2)16-24-26(23)31(18-28-24)14-13-20-9-5-3-6-10-20/h3-12,15-16,18-19H,13-14,17H2,1-2H3,(H,29,33)(H,30,32)/t19-/m0/s1. The van der Waals surface area contributed by atoms with E-state index in [4.69, 9.17) is 4.74 Å². The van der Waals surface area contributed by atoms with Crippen LogP contribution in [0.3, 0.4) is 0 Å². The number of ether oxygens (including phenoxy) is 1. The van der Waals surface area contributed by atoms with E-state index in [9.17, 15) is 9.59 Å². The monoisotopic (exact) mass is 456 g/mol. The molecule has 0 aliphatic rings. The number of methoxy groups -OCH3 is 1. The Hall–Kier alpha value is -3.97. The van der Waals surface area contributed by atoms with Crippen molar-refractivity contribution in [3.05, 3.63) is 95.8 Å².